The minimum absolute atomic E-state index is 0.643. The third-order valence-electron chi connectivity index (χ3n) is 2.21. The first-order chi connectivity index (χ1) is 7.78. The maximum Gasteiger partial charge on any atom is 0.126 e. The minimum atomic E-state index is 0.643. The van der Waals surface area contributed by atoms with Crippen molar-refractivity contribution in [1.82, 2.24) is 14.8 Å². The summed E-state index contributed by atoms with van der Waals surface area (Å²) < 4.78 is 1.90. The van der Waals surface area contributed by atoms with Gasteiger partial charge in [0.1, 0.15) is 5.82 Å². The zero-order valence-corrected chi connectivity index (χ0v) is 9.78. The van der Waals surface area contributed by atoms with Crippen LogP contribution in [0.2, 0.25) is 5.02 Å². The Hall–Kier alpha value is -1.55. The number of nitrogens with one attached hydrogen (secondary N) is 1. The molecule has 0 saturated heterocycles. The first kappa shape index (κ1) is 11.0. The van der Waals surface area contributed by atoms with Gasteiger partial charge in [0.15, 0.2) is 0 Å². The third-order valence-corrected chi connectivity index (χ3v) is 2.44. The molecule has 16 heavy (non-hydrogen) atoms. The van der Waals surface area contributed by atoms with E-state index in [1.807, 2.05) is 29.2 Å². The molecule has 2 aromatic rings. The molecule has 0 fully saturated rings. The predicted octanol–water partition coefficient (Wildman–Crippen LogP) is 2.56. The van der Waals surface area contributed by atoms with Gasteiger partial charge in [0.2, 0.25) is 0 Å². The molecule has 2 rings (SSSR count). The van der Waals surface area contributed by atoms with E-state index < -0.39 is 0 Å². The van der Waals surface area contributed by atoms with Gasteiger partial charge in [0.25, 0.3) is 0 Å². The summed E-state index contributed by atoms with van der Waals surface area (Å²) >= 11 is 5.75. The highest BCUT2D eigenvalue weighted by atomic mass is 35.5. The highest BCUT2D eigenvalue weighted by Gasteiger charge is 1.98. The summed E-state index contributed by atoms with van der Waals surface area (Å²) in [6.45, 7) is 3.67. The van der Waals surface area contributed by atoms with Gasteiger partial charge < -0.3 is 5.32 Å². The van der Waals surface area contributed by atoms with Gasteiger partial charge >= 0.3 is 0 Å². The second-order valence-electron chi connectivity index (χ2n) is 3.42. The average Bonchev–Trinajstić information content (AvgIpc) is 2.76. The van der Waals surface area contributed by atoms with Crippen molar-refractivity contribution < 1.29 is 0 Å². The number of aromatic nitrogens is 3. The highest BCUT2D eigenvalue weighted by molar-refractivity contribution is 6.30. The monoisotopic (exact) mass is 236 g/mol. The molecule has 84 valence electrons. The lowest BCUT2D eigenvalue weighted by Gasteiger charge is -2.02. The Kier molecular flexibility index (Phi) is 3.41. The van der Waals surface area contributed by atoms with Crippen molar-refractivity contribution in [2.75, 3.05) is 5.32 Å². The zero-order valence-electron chi connectivity index (χ0n) is 9.02. The van der Waals surface area contributed by atoms with E-state index in [0.717, 1.165) is 17.9 Å². The fourth-order valence-electron chi connectivity index (χ4n) is 1.34. The zero-order chi connectivity index (χ0) is 11.4. The summed E-state index contributed by atoms with van der Waals surface area (Å²) in [4.78, 5) is 4.15. The molecule has 5 heteroatoms. The molecule has 2 aromatic heterocycles. The molecule has 0 bridgehead atoms. The summed E-state index contributed by atoms with van der Waals surface area (Å²) in [5.41, 5.74) is 1.14. The Morgan fingerprint density at radius 2 is 2.25 bits per heavy atom. The summed E-state index contributed by atoms with van der Waals surface area (Å²) in [5.74, 6) is 0.814. The first-order valence-electron chi connectivity index (χ1n) is 5.14. The van der Waals surface area contributed by atoms with Crippen molar-refractivity contribution in [2.45, 2.75) is 20.0 Å². The maximum atomic E-state index is 5.75. The van der Waals surface area contributed by atoms with E-state index >= 15 is 0 Å². The molecule has 0 radical (unpaired) electrons. The summed E-state index contributed by atoms with van der Waals surface area (Å²) in [5, 5.41) is 8.04. The molecule has 0 unspecified atom stereocenters. The number of rotatable bonds is 4. The highest BCUT2D eigenvalue weighted by Crippen LogP contribution is 2.10. The van der Waals surface area contributed by atoms with Gasteiger partial charge in [-0.15, -0.1) is 0 Å². The number of aryl methyl sites for hydroxylation is 1. The molecular weight excluding hydrogens is 224 g/mol. The smallest absolute Gasteiger partial charge is 0.126 e. The van der Waals surface area contributed by atoms with Gasteiger partial charge in [0, 0.05) is 31.0 Å². The Bertz CT molecular complexity index is 449. The van der Waals surface area contributed by atoms with E-state index in [2.05, 4.69) is 22.3 Å². The lowest BCUT2D eigenvalue weighted by atomic mass is 10.3. The van der Waals surface area contributed by atoms with Crippen molar-refractivity contribution >= 4 is 17.4 Å². The van der Waals surface area contributed by atoms with E-state index in [-0.39, 0.29) is 0 Å². The Morgan fingerprint density at radius 1 is 1.38 bits per heavy atom. The molecule has 0 spiro atoms. The third kappa shape index (κ3) is 2.73. The van der Waals surface area contributed by atoms with Gasteiger partial charge in [-0.3, -0.25) is 4.68 Å². The van der Waals surface area contributed by atoms with E-state index in [0.29, 0.717) is 11.6 Å². The summed E-state index contributed by atoms with van der Waals surface area (Å²) in [6.07, 6.45) is 5.49. The normalized spacial score (nSPS) is 10.4. The van der Waals surface area contributed by atoms with Crippen LogP contribution in [0.1, 0.15) is 12.5 Å². The molecule has 0 aromatic carbocycles. The second kappa shape index (κ2) is 4.99. The van der Waals surface area contributed by atoms with Crippen LogP contribution in [-0.4, -0.2) is 14.8 Å². The molecule has 0 aliphatic carbocycles. The largest absolute Gasteiger partial charge is 0.366 e. The van der Waals surface area contributed by atoms with Crippen LogP contribution >= 0.6 is 11.6 Å². The average molecular weight is 237 g/mol. The molecular formula is C11H13ClN4. The maximum absolute atomic E-state index is 5.75. The molecule has 1 N–H and O–H groups in total. The summed E-state index contributed by atoms with van der Waals surface area (Å²) in [7, 11) is 0. The van der Waals surface area contributed by atoms with Crippen molar-refractivity contribution in [3.8, 4) is 0 Å². The summed E-state index contributed by atoms with van der Waals surface area (Å²) in [6, 6.07) is 3.67. The molecule has 0 amide bonds. The molecule has 2 heterocycles. The van der Waals surface area contributed by atoms with E-state index in [1.54, 1.807) is 6.20 Å². The van der Waals surface area contributed by atoms with Crippen molar-refractivity contribution in [1.29, 1.82) is 0 Å². The fourth-order valence-corrected chi connectivity index (χ4v) is 1.46. The van der Waals surface area contributed by atoms with Crippen LogP contribution in [0.25, 0.3) is 0 Å². The number of halogens is 1. The predicted molar refractivity (Wildman–Crippen MR) is 64.5 cm³/mol. The number of pyridine rings is 1. The van der Waals surface area contributed by atoms with Crippen LogP contribution in [0.3, 0.4) is 0 Å². The molecule has 0 aliphatic rings. The number of hydrogen-bond donors (Lipinski definition) is 1. The van der Waals surface area contributed by atoms with Gasteiger partial charge in [-0.2, -0.15) is 5.10 Å². The SMILES string of the molecule is CCn1cc(CNc2ccc(Cl)cn2)cn1. The molecule has 0 saturated carbocycles. The van der Waals surface area contributed by atoms with Crippen molar-refractivity contribution in [3.63, 3.8) is 0 Å². The quantitative estimate of drug-likeness (QED) is 0.887. The minimum Gasteiger partial charge on any atom is -0.366 e. The van der Waals surface area contributed by atoms with Gasteiger partial charge in [-0.05, 0) is 19.1 Å². The second-order valence-corrected chi connectivity index (χ2v) is 3.86. The van der Waals surface area contributed by atoms with Gasteiger partial charge in [-0.1, -0.05) is 11.6 Å². The lowest BCUT2D eigenvalue weighted by Crippen LogP contribution is -2.00. The molecule has 0 atom stereocenters. The number of hydrogen-bond acceptors (Lipinski definition) is 3. The van der Waals surface area contributed by atoms with Crippen LogP contribution in [0.4, 0.5) is 5.82 Å². The molecule has 4 nitrogen and oxygen atoms in total. The van der Waals surface area contributed by atoms with E-state index in [4.69, 9.17) is 11.6 Å². The van der Waals surface area contributed by atoms with Crippen LogP contribution in [0.15, 0.2) is 30.7 Å². The Morgan fingerprint density at radius 3 is 2.88 bits per heavy atom. The Labute approximate surface area is 99.3 Å². The van der Waals surface area contributed by atoms with Crippen molar-refractivity contribution in [2.24, 2.45) is 0 Å². The van der Waals surface area contributed by atoms with Crippen LogP contribution in [0, 0.1) is 0 Å². The standard InChI is InChI=1S/C11H13ClN4/c1-2-16-8-9(6-15-16)5-13-11-4-3-10(12)7-14-11/h3-4,6-8H,2,5H2,1H3,(H,13,14). The first-order valence-corrected chi connectivity index (χ1v) is 5.52. The van der Waals surface area contributed by atoms with E-state index in [9.17, 15) is 0 Å². The lowest BCUT2D eigenvalue weighted by molar-refractivity contribution is 0.659. The number of anilines is 1. The van der Waals surface area contributed by atoms with Gasteiger partial charge in [-0.25, -0.2) is 4.98 Å². The van der Waals surface area contributed by atoms with Gasteiger partial charge in [0.05, 0.1) is 11.2 Å². The van der Waals surface area contributed by atoms with Crippen molar-refractivity contribution in [3.05, 3.63) is 41.3 Å². The van der Waals surface area contributed by atoms with E-state index in [1.165, 1.54) is 0 Å². The van der Waals surface area contributed by atoms with Crippen LogP contribution < -0.4 is 5.32 Å². The topological polar surface area (TPSA) is 42.7 Å². The fraction of sp³-hybridized carbons (Fsp3) is 0.273. The van der Waals surface area contributed by atoms with Crippen LogP contribution in [0.5, 0.6) is 0 Å². The molecule has 0 aliphatic heterocycles. The number of nitrogens with zero attached hydrogens (tertiary/aromatic N) is 3. The Balaban J connectivity index is 1.94. The van der Waals surface area contributed by atoms with Crippen LogP contribution in [-0.2, 0) is 13.1 Å².